The van der Waals surface area contributed by atoms with Crippen LogP contribution in [0.2, 0.25) is 0 Å². The first-order chi connectivity index (χ1) is 19.7. The van der Waals surface area contributed by atoms with Crippen LogP contribution in [0.4, 0.5) is 41.6 Å². The molecular formula is C28H32F6N2O5S. The number of methoxy groups -OCH3 is 2. The van der Waals surface area contributed by atoms with Gasteiger partial charge in [0, 0.05) is 29.5 Å². The van der Waals surface area contributed by atoms with Crippen LogP contribution in [0, 0.1) is 0 Å². The van der Waals surface area contributed by atoms with Gasteiger partial charge in [0.25, 0.3) is 0 Å². The highest BCUT2D eigenvalue weighted by atomic mass is 32.2. The average Bonchev–Trinajstić information content (AvgIpc) is 2.92. The summed E-state index contributed by atoms with van der Waals surface area (Å²) in [6, 6.07) is 3.08. The molecule has 2 atom stereocenters. The van der Waals surface area contributed by atoms with Crippen LogP contribution in [-0.2, 0) is 34.1 Å². The number of anilines is 1. The molecule has 0 aliphatic carbocycles. The van der Waals surface area contributed by atoms with Crippen LogP contribution < -0.4 is 9.64 Å². The molecule has 0 radical (unpaired) electrons. The Morgan fingerprint density at radius 1 is 1.00 bits per heavy atom. The molecule has 3 rings (SSSR count). The van der Waals surface area contributed by atoms with Crippen molar-refractivity contribution in [3.8, 4) is 5.75 Å². The van der Waals surface area contributed by atoms with Crippen LogP contribution in [-0.4, -0.2) is 49.7 Å². The van der Waals surface area contributed by atoms with Crippen molar-refractivity contribution in [2.45, 2.75) is 63.9 Å². The van der Waals surface area contributed by atoms with E-state index < -0.39 is 59.9 Å². The minimum Gasteiger partial charge on any atom is -0.496 e. The summed E-state index contributed by atoms with van der Waals surface area (Å²) < 4.78 is 97.1. The predicted molar refractivity (Wildman–Crippen MR) is 146 cm³/mol. The van der Waals surface area contributed by atoms with E-state index in [1.165, 1.54) is 12.0 Å². The van der Waals surface area contributed by atoms with Crippen molar-refractivity contribution >= 4 is 29.6 Å². The standard InChI is InChI=1S/C28H32F6N2O5S/c1-6-41-26(38)36-16(3)8-22(21-13-24(39-4)18(11-23(21)36)15-42-7-2)35(25(37)40-5)14-17-9-19(27(29,30)31)12-20(10-17)28(32,33)34/h9-13,16,22H,6-8,14-15H2,1-5H3/t16-,22+/m1/s1. The highest BCUT2D eigenvalue weighted by molar-refractivity contribution is 7.98. The molecule has 0 saturated carbocycles. The second-order valence-corrected chi connectivity index (χ2v) is 10.8. The summed E-state index contributed by atoms with van der Waals surface area (Å²) in [7, 11) is 2.51. The van der Waals surface area contributed by atoms with Gasteiger partial charge in [-0.2, -0.15) is 38.1 Å². The first-order valence-corrected chi connectivity index (χ1v) is 14.2. The minimum atomic E-state index is -5.06. The molecule has 0 fully saturated rings. The van der Waals surface area contributed by atoms with E-state index in [1.54, 1.807) is 37.7 Å². The molecule has 14 heteroatoms. The number of fused-ring (bicyclic) bond motifs is 1. The van der Waals surface area contributed by atoms with Gasteiger partial charge < -0.3 is 14.2 Å². The Bertz CT molecular complexity index is 1250. The first kappa shape index (κ1) is 33.2. The summed E-state index contributed by atoms with van der Waals surface area (Å²) in [4.78, 5) is 28.6. The van der Waals surface area contributed by atoms with Gasteiger partial charge in [0.15, 0.2) is 0 Å². The average molecular weight is 623 g/mol. The van der Waals surface area contributed by atoms with E-state index in [-0.39, 0.29) is 19.1 Å². The molecule has 0 aromatic heterocycles. The number of benzene rings is 2. The highest BCUT2D eigenvalue weighted by Crippen LogP contribution is 2.45. The monoisotopic (exact) mass is 622 g/mol. The third-order valence-electron chi connectivity index (χ3n) is 6.77. The number of carbonyl (C=O) groups is 2. The quantitative estimate of drug-likeness (QED) is 0.278. The maximum Gasteiger partial charge on any atom is 0.416 e. The van der Waals surface area contributed by atoms with E-state index in [4.69, 9.17) is 14.2 Å². The molecule has 0 bridgehead atoms. The van der Waals surface area contributed by atoms with Gasteiger partial charge >= 0.3 is 24.5 Å². The molecule has 0 unspecified atom stereocenters. The van der Waals surface area contributed by atoms with Crippen molar-refractivity contribution in [3.05, 3.63) is 58.1 Å². The zero-order chi connectivity index (χ0) is 31.4. The van der Waals surface area contributed by atoms with Gasteiger partial charge in [-0.3, -0.25) is 9.80 Å². The fourth-order valence-electron chi connectivity index (χ4n) is 4.90. The molecule has 42 heavy (non-hydrogen) atoms. The Morgan fingerprint density at radius 2 is 1.62 bits per heavy atom. The smallest absolute Gasteiger partial charge is 0.416 e. The van der Waals surface area contributed by atoms with E-state index >= 15 is 0 Å². The Kier molecular flexibility index (Phi) is 10.6. The summed E-state index contributed by atoms with van der Waals surface area (Å²) >= 11 is 1.60. The fourth-order valence-corrected chi connectivity index (χ4v) is 5.55. The lowest BCUT2D eigenvalue weighted by atomic mass is 9.89. The fraction of sp³-hybridized carbons (Fsp3) is 0.500. The second kappa shape index (κ2) is 13.3. The van der Waals surface area contributed by atoms with Crippen molar-refractivity contribution < 1.29 is 50.1 Å². The summed E-state index contributed by atoms with van der Waals surface area (Å²) in [6.07, 6.45) is -11.6. The van der Waals surface area contributed by atoms with Gasteiger partial charge in [0.05, 0.1) is 43.7 Å². The Morgan fingerprint density at radius 3 is 2.12 bits per heavy atom. The molecular weight excluding hydrogens is 590 g/mol. The van der Waals surface area contributed by atoms with Crippen LogP contribution in [0.25, 0.3) is 0 Å². The Labute approximate surface area is 244 Å². The molecule has 0 spiro atoms. The second-order valence-electron chi connectivity index (χ2n) is 9.54. The number of halogens is 6. The number of hydrogen-bond donors (Lipinski definition) is 0. The Balaban J connectivity index is 2.21. The number of ether oxygens (including phenoxy) is 3. The molecule has 232 valence electrons. The lowest BCUT2D eigenvalue weighted by molar-refractivity contribution is -0.143. The van der Waals surface area contributed by atoms with Gasteiger partial charge in [-0.25, -0.2) is 9.59 Å². The number of thioether (sulfide) groups is 1. The van der Waals surface area contributed by atoms with Crippen molar-refractivity contribution in [3.63, 3.8) is 0 Å². The third kappa shape index (κ3) is 7.37. The Hall–Kier alpha value is -3.29. The van der Waals surface area contributed by atoms with Gasteiger partial charge in [-0.1, -0.05) is 6.92 Å². The van der Waals surface area contributed by atoms with E-state index in [0.29, 0.717) is 34.9 Å². The lowest BCUT2D eigenvalue weighted by Gasteiger charge is -2.43. The van der Waals surface area contributed by atoms with E-state index in [0.717, 1.165) is 23.3 Å². The largest absolute Gasteiger partial charge is 0.496 e. The molecule has 1 aliphatic rings. The van der Waals surface area contributed by atoms with Gasteiger partial charge in [-0.15, -0.1) is 0 Å². The molecule has 1 aliphatic heterocycles. The maximum absolute atomic E-state index is 13.6. The van der Waals surface area contributed by atoms with Gasteiger partial charge in [0.2, 0.25) is 0 Å². The van der Waals surface area contributed by atoms with E-state index in [1.807, 2.05) is 6.92 Å². The van der Waals surface area contributed by atoms with Crippen LogP contribution >= 0.6 is 11.8 Å². The number of rotatable bonds is 8. The normalized spacial score (nSPS) is 17.0. The summed E-state index contributed by atoms with van der Waals surface area (Å²) in [6.45, 7) is 4.80. The SMILES string of the molecule is CCOC(=O)N1c2cc(CSCC)c(OC)cc2[C@@H](N(Cc2cc(C(F)(F)F)cc(C(F)(F)F)c2)C(=O)OC)C[C@H]1C. The minimum absolute atomic E-state index is 0.0297. The third-order valence-corrected chi connectivity index (χ3v) is 7.69. The molecule has 2 aromatic carbocycles. The van der Waals surface area contributed by atoms with Crippen LogP contribution in [0.5, 0.6) is 5.75 Å². The topological polar surface area (TPSA) is 68.3 Å². The summed E-state index contributed by atoms with van der Waals surface area (Å²) in [5, 5.41) is 0. The molecule has 0 saturated heterocycles. The maximum atomic E-state index is 13.6. The van der Waals surface area contributed by atoms with Crippen LogP contribution in [0.15, 0.2) is 30.3 Å². The van der Waals surface area contributed by atoms with Crippen molar-refractivity contribution in [2.75, 3.05) is 31.5 Å². The first-order valence-electron chi connectivity index (χ1n) is 13.0. The van der Waals surface area contributed by atoms with Crippen molar-refractivity contribution in [1.82, 2.24) is 4.90 Å². The van der Waals surface area contributed by atoms with Crippen LogP contribution in [0.3, 0.4) is 0 Å². The number of alkyl halides is 6. The number of carbonyl (C=O) groups excluding carboxylic acids is 2. The highest BCUT2D eigenvalue weighted by Gasteiger charge is 2.41. The zero-order valence-corrected chi connectivity index (χ0v) is 24.5. The lowest BCUT2D eigenvalue weighted by Crippen LogP contribution is -2.47. The van der Waals surface area contributed by atoms with Crippen molar-refractivity contribution in [1.29, 1.82) is 0 Å². The van der Waals surface area contributed by atoms with E-state index in [2.05, 4.69) is 0 Å². The summed E-state index contributed by atoms with van der Waals surface area (Å²) in [5.41, 5.74) is -1.85. The molecule has 0 N–H and O–H groups in total. The van der Waals surface area contributed by atoms with Crippen molar-refractivity contribution in [2.24, 2.45) is 0 Å². The van der Waals surface area contributed by atoms with E-state index in [9.17, 15) is 35.9 Å². The van der Waals surface area contributed by atoms with Gasteiger partial charge in [0.1, 0.15) is 5.75 Å². The molecule has 2 amide bonds. The number of hydrogen-bond acceptors (Lipinski definition) is 6. The number of nitrogens with zero attached hydrogens (tertiary/aromatic N) is 2. The van der Waals surface area contributed by atoms with Crippen LogP contribution in [0.1, 0.15) is 61.1 Å². The molecule has 2 aromatic rings. The molecule has 7 nitrogen and oxygen atoms in total. The predicted octanol–water partition coefficient (Wildman–Crippen LogP) is 8.05. The van der Waals surface area contributed by atoms with Gasteiger partial charge in [-0.05, 0) is 61.9 Å². The number of amides is 2. The summed E-state index contributed by atoms with van der Waals surface area (Å²) in [5.74, 6) is 1.78. The molecule has 1 heterocycles. The zero-order valence-electron chi connectivity index (χ0n) is 23.7.